The first-order valence-corrected chi connectivity index (χ1v) is 4.82. The molecule has 0 aliphatic rings. The second kappa shape index (κ2) is 4.95. The summed E-state index contributed by atoms with van der Waals surface area (Å²) in [6.45, 7) is 2.42. The molecule has 0 fully saturated rings. The Morgan fingerprint density at radius 2 is 2.33 bits per heavy atom. The van der Waals surface area contributed by atoms with Crippen molar-refractivity contribution in [2.24, 2.45) is 5.73 Å². The van der Waals surface area contributed by atoms with Crippen LogP contribution in [0.5, 0.6) is 0 Å². The largest absolute Gasteiger partial charge is 0.382 e. The van der Waals surface area contributed by atoms with Gasteiger partial charge in [-0.25, -0.2) is 0 Å². The molecule has 3 N–H and O–H groups in total. The predicted octanol–water partition coefficient (Wildman–Crippen LogP) is 2.01. The minimum absolute atomic E-state index is 0.00346. The Labute approximate surface area is 92.4 Å². The molecule has 0 aliphatic heterocycles. The molecule has 0 aliphatic carbocycles. The molecule has 0 spiro atoms. The fourth-order valence-electron chi connectivity index (χ4n) is 1.03. The highest BCUT2D eigenvalue weighted by Crippen LogP contribution is 2.26. The van der Waals surface area contributed by atoms with E-state index < -0.39 is 4.92 Å². The van der Waals surface area contributed by atoms with Gasteiger partial charge in [0.15, 0.2) is 0 Å². The number of rotatable bonds is 4. The van der Waals surface area contributed by atoms with Gasteiger partial charge in [-0.15, -0.1) is 0 Å². The van der Waals surface area contributed by atoms with E-state index in [1.54, 1.807) is 6.07 Å². The predicted molar refractivity (Wildman–Crippen MR) is 60.2 cm³/mol. The number of nitro benzene ring substituents is 1. The molecule has 0 saturated heterocycles. The number of anilines is 1. The summed E-state index contributed by atoms with van der Waals surface area (Å²) in [7, 11) is 0. The molecule has 1 aromatic carbocycles. The van der Waals surface area contributed by atoms with E-state index in [0.29, 0.717) is 17.3 Å². The number of nitrogens with two attached hydrogens (primary N) is 1. The third kappa shape index (κ3) is 3.38. The summed E-state index contributed by atoms with van der Waals surface area (Å²) in [5.41, 5.74) is 6.19. The van der Waals surface area contributed by atoms with Crippen molar-refractivity contribution in [3.05, 3.63) is 33.3 Å². The molecule has 15 heavy (non-hydrogen) atoms. The van der Waals surface area contributed by atoms with Crippen LogP contribution in [0, 0.1) is 10.1 Å². The van der Waals surface area contributed by atoms with Crippen LogP contribution in [0.2, 0.25) is 5.02 Å². The van der Waals surface area contributed by atoms with E-state index in [1.165, 1.54) is 12.1 Å². The summed E-state index contributed by atoms with van der Waals surface area (Å²) in [6, 6.07) is 4.28. The van der Waals surface area contributed by atoms with Crippen LogP contribution >= 0.6 is 11.6 Å². The molecular weight excluding hydrogens is 218 g/mol. The third-order valence-corrected chi connectivity index (χ3v) is 2.09. The Kier molecular flexibility index (Phi) is 3.88. The van der Waals surface area contributed by atoms with Gasteiger partial charge in [0.1, 0.15) is 0 Å². The summed E-state index contributed by atoms with van der Waals surface area (Å²) >= 11 is 5.85. The first kappa shape index (κ1) is 11.7. The van der Waals surface area contributed by atoms with Crippen molar-refractivity contribution in [1.82, 2.24) is 0 Å². The number of non-ortho nitro benzene ring substituents is 1. The minimum atomic E-state index is -0.485. The number of nitro groups is 1. The van der Waals surface area contributed by atoms with E-state index in [2.05, 4.69) is 5.32 Å². The number of hydrogen-bond donors (Lipinski definition) is 2. The monoisotopic (exact) mass is 229 g/mol. The van der Waals surface area contributed by atoms with Crippen LogP contribution in [0.3, 0.4) is 0 Å². The molecule has 0 radical (unpaired) electrons. The van der Waals surface area contributed by atoms with Gasteiger partial charge in [-0.1, -0.05) is 11.6 Å². The lowest BCUT2D eigenvalue weighted by Crippen LogP contribution is -2.25. The maximum Gasteiger partial charge on any atom is 0.271 e. The van der Waals surface area contributed by atoms with Crippen LogP contribution in [-0.4, -0.2) is 17.5 Å². The lowest BCUT2D eigenvalue weighted by molar-refractivity contribution is -0.384. The molecule has 0 amide bonds. The highest BCUT2D eigenvalue weighted by molar-refractivity contribution is 6.33. The van der Waals surface area contributed by atoms with Gasteiger partial charge in [-0.05, 0) is 13.0 Å². The van der Waals surface area contributed by atoms with Gasteiger partial charge < -0.3 is 11.1 Å². The maximum atomic E-state index is 10.4. The van der Waals surface area contributed by atoms with E-state index in [0.717, 1.165) is 0 Å². The van der Waals surface area contributed by atoms with Crippen molar-refractivity contribution in [3.8, 4) is 0 Å². The van der Waals surface area contributed by atoms with Crippen LogP contribution < -0.4 is 11.1 Å². The molecular formula is C9H12ClN3O2. The molecule has 82 valence electrons. The standard InChI is InChI=1S/C9H12ClN3O2/c1-6(11)5-12-9-3-2-7(13(14)15)4-8(9)10/h2-4,6,12H,5,11H2,1H3. The molecule has 1 aromatic rings. The lowest BCUT2D eigenvalue weighted by Gasteiger charge is -2.10. The Balaban J connectivity index is 2.79. The second-order valence-electron chi connectivity index (χ2n) is 3.28. The molecule has 1 atom stereocenters. The molecule has 0 heterocycles. The number of nitrogens with zero attached hydrogens (tertiary/aromatic N) is 1. The van der Waals surface area contributed by atoms with Crippen molar-refractivity contribution in [2.75, 3.05) is 11.9 Å². The van der Waals surface area contributed by atoms with Crippen LogP contribution in [0.15, 0.2) is 18.2 Å². The van der Waals surface area contributed by atoms with E-state index in [-0.39, 0.29) is 11.7 Å². The zero-order chi connectivity index (χ0) is 11.4. The van der Waals surface area contributed by atoms with Crippen molar-refractivity contribution >= 4 is 23.0 Å². The van der Waals surface area contributed by atoms with Crippen LogP contribution in [0.25, 0.3) is 0 Å². The van der Waals surface area contributed by atoms with Gasteiger partial charge in [-0.2, -0.15) is 0 Å². The van der Waals surface area contributed by atoms with Gasteiger partial charge in [-0.3, -0.25) is 10.1 Å². The zero-order valence-electron chi connectivity index (χ0n) is 8.24. The van der Waals surface area contributed by atoms with Crippen molar-refractivity contribution in [1.29, 1.82) is 0 Å². The number of hydrogen-bond acceptors (Lipinski definition) is 4. The molecule has 0 aromatic heterocycles. The third-order valence-electron chi connectivity index (χ3n) is 1.78. The fourth-order valence-corrected chi connectivity index (χ4v) is 1.27. The Morgan fingerprint density at radius 3 is 2.80 bits per heavy atom. The van der Waals surface area contributed by atoms with Gasteiger partial charge in [0.25, 0.3) is 5.69 Å². The Hall–Kier alpha value is -1.33. The summed E-state index contributed by atoms with van der Waals surface area (Å²) in [5.74, 6) is 0. The van der Waals surface area contributed by atoms with E-state index in [4.69, 9.17) is 17.3 Å². The summed E-state index contributed by atoms with van der Waals surface area (Å²) < 4.78 is 0. The van der Waals surface area contributed by atoms with E-state index in [9.17, 15) is 10.1 Å². The normalized spacial score (nSPS) is 12.2. The number of halogens is 1. The van der Waals surface area contributed by atoms with Crippen molar-refractivity contribution in [2.45, 2.75) is 13.0 Å². The smallest absolute Gasteiger partial charge is 0.271 e. The highest BCUT2D eigenvalue weighted by atomic mass is 35.5. The fraction of sp³-hybridized carbons (Fsp3) is 0.333. The summed E-state index contributed by atoms with van der Waals surface area (Å²) in [5, 5.41) is 13.8. The highest BCUT2D eigenvalue weighted by Gasteiger charge is 2.09. The maximum absolute atomic E-state index is 10.4. The Bertz CT molecular complexity index is 368. The average molecular weight is 230 g/mol. The second-order valence-corrected chi connectivity index (χ2v) is 3.69. The lowest BCUT2D eigenvalue weighted by atomic mass is 10.2. The van der Waals surface area contributed by atoms with Crippen molar-refractivity contribution in [3.63, 3.8) is 0 Å². The first-order chi connectivity index (χ1) is 7.00. The zero-order valence-corrected chi connectivity index (χ0v) is 8.99. The van der Waals surface area contributed by atoms with Gasteiger partial charge in [0.2, 0.25) is 0 Å². The molecule has 5 nitrogen and oxygen atoms in total. The number of nitrogens with one attached hydrogen (secondary N) is 1. The van der Waals surface area contributed by atoms with Crippen LogP contribution in [0.4, 0.5) is 11.4 Å². The van der Waals surface area contributed by atoms with E-state index >= 15 is 0 Å². The van der Waals surface area contributed by atoms with Gasteiger partial charge in [0.05, 0.1) is 15.6 Å². The molecule has 0 saturated carbocycles. The quantitative estimate of drug-likeness (QED) is 0.611. The van der Waals surface area contributed by atoms with Crippen LogP contribution in [0.1, 0.15) is 6.92 Å². The number of benzene rings is 1. The average Bonchev–Trinajstić information content (AvgIpc) is 2.15. The van der Waals surface area contributed by atoms with Gasteiger partial charge in [0, 0.05) is 24.7 Å². The minimum Gasteiger partial charge on any atom is -0.382 e. The Morgan fingerprint density at radius 1 is 1.67 bits per heavy atom. The van der Waals surface area contributed by atoms with Crippen molar-refractivity contribution < 1.29 is 4.92 Å². The molecule has 6 heteroatoms. The topological polar surface area (TPSA) is 81.2 Å². The van der Waals surface area contributed by atoms with Crippen LogP contribution in [-0.2, 0) is 0 Å². The molecule has 1 rings (SSSR count). The first-order valence-electron chi connectivity index (χ1n) is 4.44. The summed E-state index contributed by atoms with van der Waals surface area (Å²) in [6.07, 6.45) is 0. The van der Waals surface area contributed by atoms with Gasteiger partial charge >= 0.3 is 0 Å². The SMILES string of the molecule is CC(N)CNc1ccc([N+](=O)[O-])cc1Cl. The summed E-state index contributed by atoms with van der Waals surface area (Å²) in [4.78, 5) is 9.95. The van der Waals surface area contributed by atoms with E-state index in [1.807, 2.05) is 6.92 Å². The molecule has 0 bridgehead atoms. The molecule has 1 unspecified atom stereocenters.